The van der Waals surface area contributed by atoms with Crippen molar-refractivity contribution in [2.75, 3.05) is 17.7 Å². The Hall–Kier alpha value is -1.32. The van der Waals surface area contributed by atoms with Gasteiger partial charge < -0.3 is 10.6 Å². The van der Waals surface area contributed by atoms with Gasteiger partial charge in [-0.25, -0.2) is 9.97 Å². The van der Waals surface area contributed by atoms with Gasteiger partial charge in [-0.05, 0) is 19.8 Å². The second-order valence-electron chi connectivity index (χ2n) is 5.23. The molecule has 1 fully saturated rings. The summed E-state index contributed by atoms with van der Waals surface area (Å²) in [6.07, 6.45) is 7.39. The van der Waals surface area contributed by atoms with Crippen molar-refractivity contribution in [1.29, 1.82) is 0 Å². The zero-order valence-electron chi connectivity index (χ0n) is 11.7. The first kappa shape index (κ1) is 13.1. The maximum atomic E-state index is 5.99. The number of hydrogen-bond donors (Lipinski definition) is 1. The van der Waals surface area contributed by atoms with E-state index in [0.717, 1.165) is 23.6 Å². The van der Waals surface area contributed by atoms with Gasteiger partial charge in [0.1, 0.15) is 17.5 Å². The Morgan fingerprint density at radius 2 is 1.89 bits per heavy atom. The molecule has 1 aliphatic carbocycles. The normalized spacial score (nSPS) is 16.8. The minimum absolute atomic E-state index is 0.608. The molecule has 1 saturated carbocycles. The summed E-state index contributed by atoms with van der Waals surface area (Å²) in [5.74, 6) is 2.49. The van der Waals surface area contributed by atoms with Crippen molar-refractivity contribution in [3.8, 4) is 0 Å². The Balaban J connectivity index is 2.27. The van der Waals surface area contributed by atoms with Gasteiger partial charge in [-0.2, -0.15) is 0 Å². The van der Waals surface area contributed by atoms with Crippen molar-refractivity contribution in [2.24, 2.45) is 0 Å². The lowest BCUT2D eigenvalue weighted by Crippen LogP contribution is -2.34. The molecule has 1 heterocycles. The minimum Gasteiger partial charge on any atom is -0.383 e. The maximum Gasteiger partial charge on any atom is 0.137 e. The van der Waals surface area contributed by atoms with E-state index in [0.29, 0.717) is 11.9 Å². The zero-order chi connectivity index (χ0) is 13.1. The summed E-state index contributed by atoms with van der Waals surface area (Å²) < 4.78 is 0. The first-order valence-corrected chi connectivity index (χ1v) is 6.99. The van der Waals surface area contributed by atoms with E-state index in [2.05, 4.69) is 28.8 Å². The van der Waals surface area contributed by atoms with E-state index in [1.54, 1.807) is 0 Å². The number of aromatic nitrogens is 2. The Labute approximate surface area is 110 Å². The maximum absolute atomic E-state index is 5.99. The van der Waals surface area contributed by atoms with E-state index < -0.39 is 0 Å². The monoisotopic (exact) mass is 248 g/mol. The lowest BCUT2D eigenvalue weighted by molar-refractivity contribution is 0.425. The van der Waals surface area contributed by atoms with E-state index in [-0.39, 0.29) is 0 Å². The SMILES string of the molecule is CCc1nc(N)c(C)c(N(C)C2CCCCC2)n1. The number of hydrogen-bond acceptors (Lipinski definition) is 4. The molecule has 1 aromatic rings. The van der Waals surface area contributed by atoms with Gasteiger partial charge in [0.2, 0.25) is 0 Å². The van der Waals surface area contributed by atoms with Crippen LogP contribution in [0.5, 0.6) is 0 Å². The molecule has 0 spiro atoms. The summed E-state index contributed by atoms with van der Waals surface area (Å²) in [6.45, 7) is 4.08. The molecule has 0 unspecified atom stereocenters. The second kappa shape index (κ2) is 5.55. The van der Waals surface area contributed by atoms with Gasteiger partial charge >= 0.3 is 0 Å². The highest BCUT2D eigenvalue weighted by Crippen LogP contribution is 2.28. The smallest absolute Gasteiger partial charge is 0.137 e. The van der Waals surface area contributed by atoms with Gasteiger partial charge in [-0.15, -0.1) is 0 Å². The van der Waals surface area contributed by atoms with Crippen molar-refractivity contribution < 1.29 is 0 Å². The van der Waals surface area contributed by atoms with Crippen molar-refractivity contribution >= 4 is 11.6 Å². The Morgan fingerprint density at radius 1 is 1.22 bits per heavy atom. The number of aryl methyl sites for hydroxylation is 1. The van der Waals surface area contributed by atoms with Crippen LogP contribution in [0.3, 0.4) is 0 Å². The summed E-state index contributed by atoms with van der Waals surface area (Å²) >= 11 is 0. The van der Waals surface area contributed by atoms with Crippen molar-refractivity contribution in [1.82, 2.24) is 9.97 Å². The predicted octanol–water partition coefficient (Wildman–Crippen LogP) is 2.70. The van der Waals surface area contributed by atoms with E-state index in [9.17, 15) is 0 Å². The fourth-order valence-corrected chi connectivity index (χ4v) is 2.71. The molecule has 2 N–H and O–H groups in total. The Kier molecular flexibility index (Phi) is 4.04. The third kappa shape index (κ3) is 2.57. The highest BCUT2D eigenvalue weighted by molar-refractivity contribution is 5.56. The van der Waals surface area contributed by atoms with Crippen LogP contribution in [-0.4, -0.2) is 23.1 Å². The molecule has 100 valence electrons. The van der Waals surface area contributed by atoms with E-state index >= 15 is 0 Å². The highest BCUT2D eigenvalue weighted by atomic mass is 15.2. The van der Waals surface area contributed by atoms with Crippen LogP contribution in [0.25, 0.3) is 0 Å². The number of rotatable bonds is 3. The molecule has 2 rings (SSSR count). The second-order valence-corrected chi connectivity index (χ2v) is 5.23. The molecule has 4 heteroatoms. The Bertz CT molecular complexity index is 411. The fourth-order valence-electron chi connectivity index (χ4n) is 2.71. The molecule has 0 aliphatic heterocycles. The van der Waals surface area contributed by atoms with Crippen LogP contribution >= 0.6 is 0 Å². The lowest BCUT2D eigenvalue weighted by atomic mass is 9.94. The summed E-state index contributed by atoms with van der Waals surface area (Å²) in [5, 5.41) is 0. The highest BCUT2D eigenvalue weighted by Gasteiger charge is 2.21. The molecule has 0 radical (unpaired) electrons. The third-order valence-electron chi connectivity index (χ3n) is 3.98. The van der Waals surface area contributed by atoms with Gasteiger partial charge in [-0.3, -0.25) is 0 Å². The molecule has 4 nitrogen and oxygen atoms in total. The molecule has 1 aromatic heterocycles. The number of anilines is 2. The average Bonchev–Trinajstić information content (AvgIpc) is 2.42. The largest absolute Gasteiger partial charge is 0.383 e. The molecule has 0 amide bonds. The molecule has 1 aliphatic rings. The molecule has 0 bridgehead atoms. The van der Waals surface area contributed by atoms with Gasteiger partial charge in [0.05, 0.1) is 0 Å². The van der Waals surface area contributed by atoms with Gasteiger partial charge in [0.25, 0.3) is 0 Å². The number of nitrogens with two attached hydrogens (primary N) is 1. The van der Waals surface area contributed by atoms with Gasteiger partial charge in [0.15, 0.2) is 0 Å². The molecular formula is C14H24N4. The van der Waals surface area contributed by atoms with E-state index in [4.69, 9.17) is 5.73 Å². The number of nitrogen functional groups attached to an aromatic ring is 1. The first-order valence-electron chi connectivity index (χ1n) is 6.99. The first-order chi connectivity index (χ1) is 8.63. The van der Waals surface area contributed by atoms with Crippen LogP contribution in [0, 0.1) is 6.92 Å². The van der Waals surface area contributed by atoms with Crippen LogP contribution in [0.1, 0.15) is 50.4 Å². The van der Waals surface area contributed by atoms with Crippen molar-refractivity contribution in [3.63, 3.8) is 0 Å². The number of nitrogens with zero attached hydrogens (tertiary/aromatic N) is 3. The standard InChI is InChI=1S/C14H24N4/c1-4-12-16-13(15)10(2)14(17-12)18(3)11-8-6-5-7-9-11/h11H,4-9H2,1-3H3,(H2,15,16,17). The Morgan fingerprint density at radius 3 is 2.50 bits per heavy atom. The van der Waals surface area contributed by atoms with E-state index in [1.165, 1.54) is 32.1 Å². The fraction of sp³-hybridized carbons (Fsp3) is 0.714. The lowest BCUT2D eigenvalue weighted by Gasteiger charge is -2.33. The van der Waals surface area contributed by atoms with Crippen molar-refractivity contribution in [3.05, 3.63) is 11.4 Å². The predicted molar refractivity (Wildman–Crippen MR) is 75.8 cm³/mol. The molecule has 0 atom stereocenters. The van der Waals surface area contributed by atoms with Crippen LogP contribution < -0.4 is 10.6 Å². The van der Waals surface area contributed by atoms with Gasteiger partial charge in [0, 0.05) is 25.1 Å². The average molecular weight is 248 g/mol. The summed E-state index contributed by atoms with van der Waals surface area (Å²) in [6, 6.07) is 0.608. The summed E-state index contributed by atoms with van der Waals surface area (Å²) in [4.78, 5) is 11.3. The van der Waals surface area contributed by atoms with Crippen LogP contribution in [0.4, 0.5) is 11.6 Å². The topological polar surface area (TPSA) is 55.0 Å². The minimum atomic E-state index is 0.608. The van der Waals surface area contributed by atoms with Gasteiger partial charge in [-0.1, -0.05) is 26.2 Å². The molecule has 0 saturated heterocycles. The quantitative estimate of drug-likeness (QED) is 0.893. The summed E-state index contributed by atoms with van der Waals surface area (Å²) in [7, 11) is 2.14. The van der Waals surface area contributed by atoms with Crippen molar-refractivity contribution in [2.45, 2.75) is 58.4 Å². The summed E-state index contributed by atoms with van der Waals surface area (Å²) in [5.41, 5.74) is 7.00. The molecule has 18 heavy (non-hydrogen) atoms. The van der Waals surface area contributed by atoms with Crippen LogP contribution in [0.2, 0.25) is 0 Å². The van der Waals surface area contributed by atoms with Crippen LogP contribution in [0.15, 0.2) is 0 Å². The molecular weight excluding hydrogens is 224 g/mol. The molecule has 0 aromatic carbocycles. The van der Waals surface area contributed by atoms with Crippen LogP contribution in [-0.2, 0) is 6.42 Å². The third-order valence-corrected chi connectivity index (χ3v) is 3.98. The zero-order valence-corrected chi connectivity index (χ0v) is 11.7. The van der Waals surface area contributed by atoms with E-state index in [1.807, 2.05) is 6.92 Å².